The highest BCUT2D eigenvalue weighted by atomic mass is 16.6. The van der Waals surface area contributed by atoms with Gasteiger partial charge in [0.1, 0.15) is 5.75 Å². The summed E-state index contributed by atoms with van der Waals surface area (Å²) < 4.78 is 0. The molecule has 3 amide bonds. The number of amides is 3. The monoisotopic (exact) mass is 412 g/mol. The van der Waals surface area contributed by atoms with Crippen LogP contribution in [0.2, 0.25) is 0 Å². The molecule has 0 aromatic heterocycles. The number of nitrogens with one attached hydrogen (secondary N) is 2. The summed E-state index contributed by atoms with van der Waals surface area (Å²) >= 11 is 0. The number of benzene rings is 2. The summed E-state index contributed by atoms with van der Waals surface area (Å²) in [5.41, 5.74) is 1.05. The van der Waals surface area contributed by atoms with Gasteiger partial charge in [0, 0.05) is 48.5 Å². The average molecular weight is 412 g/mol. The Labute approximate surface area is 171 Å². The molecule has 0 atom stereocenters. The molecule has 1 fully saturated rings. The van der Waals surface area contributed by atoms with Crippen molar-refractivity contribution in [2.45, 2.75) is 19.4 Å². The first-order valence-electron chi connectivity index (χ1n) is 9.27. The van der Waals surface area contributed by atoms with Gasteiger partial charge in [0.2, 0.25) is 11.8 Å². The third-order valence-corrected chi connectivity index (χ3v) is 4.67. The maximum Gasteiger partial charge on any atom is 0.270 e. The molecule has 1 aliphatic heterocycles. The number of carbonyl (C=O) groups is 3. The van der Waals surface area contributed by atoms with E-state index in [9.17, 15) is 29.6 Å². The van der Waals surface area contributed by atoms with Gasteiger partial charge in [-0.25, -0.2) is 0 Å². The van der Waals surface area contributed by atoms with Crippen molar-refractivity contribution < 1.29 is 24.4 Å². The van der Waals surface area contributed by atoms with E-state index in [2.05, 4.69) is 10.6 Å². The van der Waals surface area contributed by atoms with Crippen LogP contribution in [-0.2, 0) is 16.1 Å². The van der Waals surface area contributed by atoms with E-state index in [1.165, 1.54) is 12.1 Å². The summed E-state index contributed by atoms with van der Waals surface area (Å²) in [6.45, 7) is 0.229. The molecule has 0 bridgehead atoms. The first-order chi connectivity index (χ1) is 14.3. The molecule has 156 valence electrons. The van der Waals surface area contributed by atoms with E-state index < -0.39 is 16.7 Å². The van der Waals surface area contributed by atoms with Crippen LogP contribution in [0.15, 0.2) is 42.5 Å². The van der Waals surface area contributed by atoms with Crippen LogP contribution in [0, 0.1) is 10.1 Å². The summed E-state index contributed by atoms with van der Waals surface area (Å²) in [6, 6.07) is 10.0. The van der Waals surface area contributed by atoms with Crippen LogP contribution in [0.25, 0.3) is 0 Å². The van der Waals surface area contributed by atoms with Crippen molar-refractivity contribution in [2.24, 2.45) is 0 Å². The Balaban J connectivity index is 1.50. The number of nitro groups is 1. The number of rotatable bonds is 7. The number of nitrogens with zero attached hydrogens (tertiary/aromatic N) is 2. The predicted molar refractivity (Wildman–Crippen MR) is 107 cm³/mol. The maximum atomic E-state index is 12.2. The maximum absolute atomic E-state index is 12.2. The molecule has 0 aliphatic carbocycles. The van der Waals surface area contributed by atoms with E-state index in [0.29, 0.717) is 18.5 Å². The van der Waals surface area contributed by atoms with Gasteiger partial charge in [-0.05, 0) is 36.8 Å². The summed E-state index contributed by atoms with van der Waals surface area (Å²) in [4.78, 5) is 47.8. The first-order valence-corrected chi connectivity index (χ1v) is 9.27. The van der Waals surface area contributed by atoms with Crippen molar-refractivity contribution in [2.75, 3.05) is 18.0 Å². The summed E-state index contributed by atoms with van der Waals surface area (Å²) in [5.74, 6) is -1.10. The van der Waals surface area contributed by atoms with Crippen LogP contribution < -0.4 is 15.5 Å². The van der Waals surface area contributed by atoms with Gasteiger partial charge < -0.3 is 20.6 Å². The van der Waals surface area contributed by atoms with E-state index >= 15 is 0 Å². The van der Waals surface area contributed by atoms with Crippen LogP contribution in [0.3, 0.4) is 0 Å². The van der Waals surface area contributed by atoms with E-state index in [1.807, 2.05) is 0 Å². The number of anilines is 1. The smallest absolute Gasteiger partial charge is 0.270 e. The molecule has 3 rings (SSSR count). The Morgan fingerprint density at radius 2 is 1.87 bits per heavy atom. The van der Waals surface area contributed by atoms with Crippen molar-refractivity contribution in [1.82, 2.24) is 10.6 Å². The zero-order chi connectivity index (χ0) is 21.7. The fourth-order valence-corrected chi connectivity index (χ4v) is 3.06. The van der Waals surface area contributed by atoms with Gasteiger partial charge in [0.05, 0.1) is 11.5 Å². The van der Waals surface area contributed by atoms with Crippen LogP contribution in [0.4, 0.5) is 11.4 Å². The molecule has 0 radical (unpaired) electrons. The molecule has 30 heavy (non-hydrogen) atoms. The van der Waals surface area contributed by atoms with Crippen LogP contribution >= 0.6 is 0 Å². The van der Waals surface area contributed by atoms with Gasteiger partial charge in [0.25, 0.3) is 11.6 Å². The molecule has 0 unspecified atom stereocenters. The standard InChI is InChI=1S/C20H20N4O6/c25-17-8-7-16(24(29)30)10-14(17)11-21-18(26)12-22-20(28)13-3-5-15(6-4-13)23-9-1-2-19(23)27/h3-8,10,25H,1-2,9,11-12H2,(H,21,26)(H,22,28). The zero-order valence-corrected chi connectivity index (χ0v) is 16.0. The van der Waals surface area contributed by atoms with Crippen molar-refractivity contribution in [3.63, 3.8) is 0 Å². The van der Waals surface area contributed by atoms with Gasteiger partial charge in [-0.3, -0.25) is 24.5 Å². The first kappa shape index (κ1) is 20.8. The quantitative estimate of drug-likeness (QED) is 0.464. The summed E-state index contributed by atoms with van der Waals surface area (Å²) in [5, 5.41) is 25.5. The predicted octanol–water partition coefficient (Wildman–Crippen LogP) is 1.47. The lowest BCUT2D eigenvalue weighted by Crippen LogP contribution is -2.36. The molecule has 0 saturated carbocycles. The van der Waals surface area contributed by atoms with Gasteiger partial charge in [-0.2, -0.15) is 0 Å². The minimum Gasteiger partial charge on any atom is -0.508 e. The number of nitro benzene ring substituents is 1. The van der Waals surface area contributed by atoms with E-state index in [0.717, 1.165) is 18.2 Å². The third-order valence-electron chi connectivity index (χ3n) is 4.67. The number of aromatic hydroxyl groups is 1. The molecule has 2 aromatic carbocycles. The SMILES string of the molecule is O=C(CNC(=O)c1ccc(N2CCCC2=O)cc1)NCc1cc([N+](=O)[O-])ccc1O. The Bertz CT molecular complexity index is 989. The number of hydrogen-bond donors (Lipinski definition) is 3. The second-order valence-electron chi connectivity index (χ2n) is 6.73. The summed E-state index contributed by atoms with van der Waals surface area (Å²) in [6.07, 6.45) is 1.33. The largest absolute Gasteiger partial charge is 0.508 e. The Hall–Kier alpha value is -3.95. The van der Waals surface area contributed by atoms with Gasteiger partial charge in [-0.1, -0.05) is 0 Å². The molecule has 10 nitrogen and oxygen atoms in total. The summed E-state index contributed by atoms with van der Waals surface area (Å²) in [7, 11) is 0. The van der Waals surface area contributed by atoms with Gasteiger partial charge in [-0.15, -0.1) is 0 Å². The molecule has 1 aliphatic rings. The highest BCUT2D eigenvalue weighted by Crippen LogP contribution is 2.23. The highest BCUT2D eigenvalue weighted by molar-refractivity contribution is 5.98. The van der Waals surface area contributed by atoms with E-state index in [4.69, 9.17) is 0 Å². The Kier molecular flexibility index (Phi) is 6.26. The van der Waals surface area contributed by atoms with E-state index in [1.54, 1.807) is 29.2 Å². The minimum atomic E-state index is -0.601. The Morgan fingerprint density at radius 3 is 2.50 bits per heavy atom. The lowest BCUT2D eigenvalue weighted by atomic mass is 10.1. The van der Waals surface area contributed by atoms with Crippen molar-refractivity contribution >= 4 is 29.1 Å². The van der Waals surface area contributed by atoms with Gasteiger partial charge in [0.15, 0.2) is 0 Å². The van der Waals surface area contributed by atoms with Gasteiger partial charge >= 0.3 is 0 Å². The molecule has 3 N–H and O–H groups in total. The topological polar surface area (TPSA) is 142 Å². The molecule has 0 spiro atoms. The number of phenols is 1. The number of non-ortho nitro benzene ring substituents is 1. The van der Waals surface area contributed by atoms with Crippen molar-refractivity contribution in [3.05, 3.63) is 63.7 Å². The molecule has 2 aromatic rings. The van der Waals surface area contributed by atoms with Crippen molar-refractivity contribution in [3.8, 4) is 5.75 Å². The zero-order valence-electron chi connectivity index (χ0n) is 16.0. The second-order valence-corrected chi connectivity index (χ2v) is 6.73. The fraction of sp³-hybridized carbons (Fsp3) is 0.250. The van der Waals surface area contributed by atoms with Crippen LogP contribution in [-0.4, -0.2) is 40.8 Å². The fourth-order valence-electron chi connectivity index (χ4n) is 3.06. The second kappa shape index (κ2) is 9.03. The molecule has 1 heterocycles. The average Bonchev–Trinajstić information content (AvgIpc) is 3.17. The molecular formula is C20H20N4O6. The number of carbonyl (C=O) groups excluding carboxylic acids is 3. The van der Waals surface area contributed by atoms with Crippen molar-refractivity contribution in [1.29, 1.82) is 0 Å². The number of phenolic OH excluding ortho intramolecular Hbond substituents is 1. The molecule has 1 saturated heterocycles. The lowest BCUT2D eigenvalue weighted by molar-refractivity contribution is -0.384. The molecule has 10 heteroatoms. The molecular weight excluding hydrogens is 392 g/mol. The normalized spacial score (nSPS) is 13.2. The van der Waals surface area contributed by atoms with Crippen LogP contribution in [0.5, 0.6) is 5.75 Å². The lowest BCUT2D eigenvalue weighted by Gasteiger charge is -2.15. The number of hydrogen-bond acceptors (Lipinski definition) is 6. The Morgan fingerprint density at radius 1 is 1.13 bits per heavy atom. The van der Waals surface area contributed by atoms with E-state index in [-0.39, 0.29) is 36.0 Å². The third kappa shape index (κ3) is 4.90. The highest BCUT2D eigenvalue weighted by Gasteiger charge is 2.21. The van der Waals surface area contributed by atoms with Crippen LogP contribution in [0.1, 0.15) is 28.8 Å². The minimum absolute atomic E-state index is 0.0543.